The lowest BCUT2D eigenvalue weighted by atomic mass is 10.1. The van der Waals surface area contributed by atoms with Gasteiger partial charge in [0.25, 0.3) is 5.91 Å². The van der Waals surface area contributed by atoms with E-state index >= 15 is 0 Å². The van der Waals surface area contributed by atoms with Crippen LogP contribution >= 0.6 is 11.3 Å². The molecule has 1 aromatic heterocycles. The molecule has 1 heterocycles. The van der Waals surface area contributed by atoms with Gasteiger partial charge in [-0.3, -0.25) is 14.9 Å². The molecule has 30 heavy (non-hydrogen) atoms. The third-order valence-electron chi connectivity index (χ3n) is 4.32. The van der Waals surface area contributed by atoms with Crippen LogP contribution in [0.5, 0.6) is 11.5 Å². The number of rotatable bonds is 6. The fraction of sp³-hybridized carbons (Fsp3) is 0.0417. The van der Waals surface area contributed by atoms with Gasteiger partial charge >= 0.3 is 0 Å². The standard InChI is InChI=1S/C24H18N2O3S/c1-16(27)22-21(17-10-4-2-5-11-17)25-24(30-22)26-23(28)19-14-8-9-15-20(19)29-18-12-6-3-7-13-18/h2-15H,1H3,(H,25,26,28). The van der Waals surface area contributed by atoms with Crippen molar-refractivity contribution >= 4 is 28.2 Å². The van der Waals surface area contributed by atoms with Gasteiger partial charge in [-0.15, -0.1) is 0 Å². The molecule has 0 aliphatic heterocycles. The SMILES string of the molecule is CC(=O)c1sc(NC(=O)c2ccccc2Oc2ccccc2)nc1-c1ccccc1. The Balaban J connectivity index is 1.62. The summed E-state index contributed by atoms with van der Waals surface area (Å²) in [6, 6.07) is 25.7. The Morgan fingerprint density at radius 2 is 1.50 bits per heavy atom. The van der Waals surface area contributed by atoms with Crippen molar-refractivity contribution in [2.75, 3.05) is 5.32 Å². The Labute approximate surface area is 178 Å². The molecule has 0 saturated heterocycles. The van der Waals surface area contributed by atoms with Crippen LogP contribution in [0.2, 0.25) is 0 Å². The van der Waals surface area contributed by atoms with Gasteiger partial charge in [0.1, 0.15) is 11.5 Å². The number of anilines is 1. The number of carbonyl (C=O) groups is 2. The van der Waals surface area contributed by atoms with Gasteiger partial charge < -0.3 is 4.74 Å². The molecule has 3 aromatic carbocycles. The highest BCUT2D eigenvalue weighted by atomic mass is 32.1. The van der Waals surface area contributed by atoms with Gasteiger partial charge in [-0.1, -0.05) is 72.0 Å². The topological polar surface area (TPSA) is 68.3 Å². The van der Waals surface area contributed by atoms with E-state index in [0.29, 0.717) is 32.8 Å². The molecule has 0 unspecified atom stereocenters. The third-order valence-corrected chi connectivity index (χ3v) is 5.39. The Kier molecular flexibility index (Phi) is 5.68. The third kappa shape index (κ3) is 4.29. The number of aromatic nitrogens is 1. The molecule has 1 N–H and O–H groups in total. The summed E-state index contributed by atoms with van der Waals surface area (Å²) in [5.41, 5.74) is 1.77. The summed E-state index contributed by atoms with van der Waals surface area (Å²) in [6.45, 7) is 1.49. The van der Waals surface area contributed by atoms with Gasteiger partial charge in [0.05, 0.1) is 16.1 Å². The maximum absolute atomic E-state index is 12.9. The summed E-state index contributed by atoms with van der Waals surface area (Å²) in [6.07, 6.45) is 0. The van der Waals surface area contributed by atoms with Crippen LogP contribution in [0.4, 0.5) is 5.13 Å². The molecule has 4 aromatic rings. The number of para-hydroxylation sites is 2. The second kappa shape index (κ2) is 8.71. The highest BCUT2D eigenvalue weighted by molar-refractivity contribution is 7.18. The van der Waals surface area contributed by atoms with Gasteiger partial charge in [-0.2, -0.15) is 0 Å². The van der Waals surface area contributed by atoms with Crippen molar-refractivity contribution in [2.45, 2.75) is 6.92 Å². The first-order valence-corrected chi connectivity index (χ1v) is 10.1. The zero-order valence-corrected chi connectivity index (χ0v) is 17.0. The van der Waals surface area contributed by atoms with E-state index in [2.05, 4.69) is 10.3 Å². The summed E-state index contributed by atoms with van der Waals surface area (Å²) in [5, 5.41) is 3.17. The van der Waals surface area contributed by atoms with Crippen LogP contribution in [-0.2, 0) is 0 Å². The number of nitrogens with one attached hydrogen (secondary N) is 1. The molecule has 6 heteroatoms. The van der Waals surface area contributed by atoms with Crippen molar-refractivity contribution in [1.29, 1.82) is 0 Å². The number of amides is 1. The zero-order valence-electron chi connectivity index (χ0n) is 16.2. The quantitative estimate of drug-likeness (QED) is 0.390. The highest BCUT2D eigenvalue weighted by Crippen LogP contribution is 2.32. The van der Waals surface area contributed by atoms with Crippen molar-refractivity contribution in [2.24, 2.45) is 0 Å². The maximum atomic E-state index is 12.9. The van der Waals surface area contributed by atoms with Gasteiger partial charge in [0.15, 0.2) is 10.9 Å². The number of benzene rings is 3. The first kappa shape index (κ1) is 19.5. The lowest BCUT2D eigenvalue weighted by molar-refractivity contribution is 0.101. The van der Waals surface area contributed by atoms with E-state index < -0.39 is 0 Å². The summed E-state index contributed by atoms with van der Waals surface area (Å²) >= 11 is 1.16. The molecule has 1 amide bonds. The second-order valence-electron chi connectivity index (χ2n) is 6.48. The molecule has 0 radical (unpaired) electrons. The van der Waals surface area contributed by atoms with E-state index in [4.69, 9.17) is 4.74 Å². The van der Waals surface area contributed by atoms with E-state index in [1.807, 2.05) is 60.7 Å². The van der Waals surface area contributed by atoms with Crippen molar-refractivity contribution < 1.29 is 14.3 Å². The number of hydrogen-bond acceptors (Lipinski definition) is 5. The molecule has 5 nitrogen and oxygen atoms in total. The van der Waals surface area contributed by atoms with Crippen molar-refractivity contribution in [3.63, 3.8) is 0 Å². The minimum absolute atomic E-state index is 0.0975. The maximum Gasteiger partial charge on any atom is 0.261 e. The van der Waals surface area contributed by atoms with Gasteiger partial charge in [0, 0.05) is 12.5 Å². The number of carbonyl (C=O) groups excluding carboxylic acids is 2. The normalized spacial score (nSPS) is 10.4. The van der Waals surface area contributed by atoms with E-state index in [0.717, 1.165) is 16.9 Å². The minimum atomic E-state index is -0.356. The number of ether oxygens (including phenoxy) is 1. The average molecular weight is 414 g/mol. The van der Waals surface area contributed by atoms with E-state index in [-0.39, 0.29) is 11.7 Å². The van der Waals surface area contributed by atoms with Crippen LogP contribution in [-0.4, -0.2) is 16.7 Å². The predicted octanol–water partition coefficient (Wildman–Crippen LogP) is 6.06. The van der Waals surface area contributed by atoms with Gasteiger partial charge in [0.2, 0.25) is 0 Å². The average Bonchev–Trinajstić information content (AvgIpc) is 3.19. The molecule has 0 aliphatic carbocycles. The summed E-state index contributed by atoms with van der Waals surface area (Å²) < 4.78 is 5.87. The largest absolute Gasteiger partial charge is 0.457 e. The number of Topliss-reactive ketones (excluding diaryl/α,β-unsaturated/α-hetero) is 1. The second-order valence-corrected chi connectivity index (χ2v) is 7.48. The van der Waals surface area contributed by atoms with Crippen LogP contribution in [0, 0.1) is 0 Å². The molecule has 0 spiro atoms. The van der Waals surface area contributed by atoms with Crippen LogP contribution < -0.4 is 10.1 Å². The van der Waals surface area contributed by atoms with Crippen LogP contribution in [0.15, 0.2) is 84.9 Å². The first-order valence-electron chi connectivity index (χ1n) is 9.32. The van der Waals surface area contributed by atoms with E-state index in [9.17, 15) is 9.59 Å². The lowest BCUT2D eigenvalue weighted by Crippen LogP contribution is -2.12. The number of thiazole rings is 1. The molecular formula is C24H18N2O3S. The zero-order chi connectivity index (χ0) is 20.9. The van der Waals surface area contributed by atoms with E-state index in [1.165, 1.54) is 6.92 Å². The Morgan fingerprint density at radius 1 is 0.867 bits per heavy atom. The van der Waals surface area contributed by atoms with Crippen molar-refractivity contribution in [3.8, 4) is 22.8 Å². The lowest BCUT2D eigenvalue weighted by Gasteiger charge is -2.10. The monoisotopic (exact) mass is 414 g/mol. The molecule has 0 saturated carbocycles. The Hall–Kier alpha value is -3.77. The number of ketones is 1. The smallest absolute Gasteiger partial charge is 0.261 e. The van der Waals surface area contributed by atoms with Crippen LogP contribution in [0.1, 0.15) is 27.0 Å². The number of nitrogens with zero attached hydrogens (tertiary/aromatic N) is 1. The molecule has 4 rings (SSSR count). The first-order chi connectivity index (χ1) is 14.6. The molecule has 0 aliphatic rings. The van der Waals surface area contributed by atoms with E-state index in [1.54, 1.807) is 24.3 Å². The van der Waals surface area contributed by atoms with Crippen LogP contribution in [0.3, 0.4) is 0 Å². The van der Waals surface area contributed by atoms with Crippen molar-refractivity contribution in [1.82, 2.24) is 4.98 Å². The van der Waals surface area contributed by atoms with Gasteiger partial charge in [-0.05, 0) is 24.3 Å². The minimum Gasteiger partial charge on any atom is -0.457 e. The number of hydrogen-bond donors (Lipinski definition) is 1. The molecule has 0 atom stereocenters. The summed E-state index contributed by atoms with van der Waals surface area (Å²) in [7, 11) is 0. The van der Waals surface area contributed by atoms with Crippen LogP contribution in [0.25, 0.3) is 11.3 Å². The summed E-state index contributed by atoms with van der Waals surface area (Å²) in [4.78, 5) is 30.1. The fourth-order valence-corrected chi connectivity index (χ4v) is 3.80. The Bertz CT molecular complexity index is 1190. The Morgan fingerprint density at radius 3 is 2.20 bits per heavy atom. The molecule has 148 valence electrons. The molecular weight excluding hydrogens is 396 g/mol. The highest BCUT2D eigenvalue weighted by Gasteiger charge is 2.20. The molecule has 0 fully saturated rings. The fourth-order valence-electron chi connectivity index (χ4n) is 2.93. The van der Waals surface area contributed by atoms with Gasteiger partial charge in [-0.25, -0.2) is 4.98 Å². The molecule has 0 bridgehead atoms. The predicted molar refractivity (Wildman–Crippen MR) is 118 cm³/mol. The van der Waals surface area contributed by atoms with Crippen molar-refractivity contribution in [3.05, 3.63) is 95.4 Å². The summed E-state index contributed by atoms with van der Waals surface area (Å²) in [5.74, 6) is 0.620.